The molecule has 4 nitrogen and oxygen atoms in total. The molecule has 0 fully saturated rings. The molecule has 0 radical (unpaired) electrons. The van der Waals surface area contributed by atoms with E-state index in [9.17, 15) is 15.0 Å². The molecule has 0 bridgehead atoms. The first-order valence-corrected chi connectivity index (χ1v) is 11.8. The van der Waals surface area contributed by atoms with Crippen molar-refractivity contribution in [3.8, 4) is 17.2 Å². The van der Waals surface area contributed by atoms with E-state index in [1.54, 1.807) is 30.3 Å². The monoisotopic (exact) mass is 487 g/mol. The smallest absolute Gasteiger partial charge is 0.169 e. The third kappa shape index (κ3) is 12.7. The van der Waals surface area contributed by atoms with Gasteiger partial charge in [0.05, 0.1) is 5.02 Å². The van der Waals surface area contributed by atoms with Gasteiger partial charge in [0, 0.05) is 22.1 Å². The van der Waals surface area contributed by atoms with Crippen LogP contribution in [-0.2, 0) is 4.79 Å². The lowest BCUT2D eigenvalue weighted by molar-refractivity contribution is -0.305. The van der Waals surface area contributed by atoms with Gasteiger partial charge in [0.15, 0.2) is 11.5 Å². The Morgan fingerprint density at radius 3 is 1.87 bits per heavy atom. The van der Waals surface area contributed by atoms with E-state index in [1.807, 2.05) is 0 Å². The fraction of sp³-hybridized carbons (Fsp3) is 0.458. The van der Waals surface area contributed by atoms with Crippen molar-refractivity contribution in [3.63, 3.8) is 0 Å². The number of halogens is 3. The van der Waals surface area contributed by atoms with Crippen LogP contribution in [0.15, 0.2) is 36.4 Å². The van der Waals surface area contributed by atoms with Crippen LogP contribution in [0.3, 0.4) is 0 Å². The molecule has 0 aromatic heterocycles. The fourth-order valence-electron chi connectivity index (χ4n) is 2.83. The fourth-order valence-corrected chi connectivity index (χ4v) is 3.45. The summed E-state index contributed by atoms with van der Waals surface area (Å²) >= 11 is 17.4. The van der Waals surface area contributed by atoms with Crippen LogP contribution >= 0.6 is 34.8 Å². The summed E-state index contributed by atoms with van der Waals surface area (Å²) in [5.41, 5.74) is 0. The second-order valence-corrected chi connectivity index (χ2v) is 8.52. The molecule has 0 aliphatic heterocycles. The Balaban J connectivity index is 0.000000318. The Morgan fingerprint density at radius 1 is 0.839 bits per heavy atom. The molecule has 2 aromatic rings. The van der Waals surface area contributed by atoms with Gasteiger partial charge < -0.3 is 19.7 Å². The Hall–Kier alpha value is -1.62. The summed E-state index contributed by atoms with van der Waals surface area (Å²) in [6.45, 7) is 2.22. The molecule has 0 spiro atoms. The quantitative estimate of drug-likeness (QED) is 0.309. The molecule has 0 aliphatic rings. The Kier molecular flexibility index (Phi) is 14.2. The summed E-state index contributed by atoms with van der Waals surface area (Å²) in [6.07, 6.45) is 11.2. The molecule has 7 heteroatoms. The largest absolute Gasteiger partial charge is 0.550 e. The number of phenolic OH excluding ortho intramolecular Hbond substituents is 1. The zero-order chi connectivity index (χ0) is 23.1. The minimum absolute atomic E-state index is 0.0523. The number of aromatic hydroxyl groups is 1. The third-order valence-electron chi connectivity index (χ3n) is 4.52. The normalized spacial score (nSPS) is 10.3. The number of hydrogen-bond acceptors (Lipinski definition) is 4. The van der Waals surface area contributed by atoms with Crippen LogP contribution in [-0.4, -0.2) is 11.1 Å². The molecule has 0 saturated heterocycles. The standard InChI is InChI=1S/C12H7Cl3O2.C12H24O2/c13-7-1-3-11(9(15)5-7)17-12-4-2-8(14)6-10(12)16;1-2-3-4-5-6-7-8-9-10-11-12(13)14/h1-6,16H;2-11H2,1H3,(H,13,14)/p-1. The lowest BCUT2D eigenvalue weighted by Crippen LogP contribution is -2.21. The third-order valence-corrected chi connectivity index (χ3v) is 5.28. The molecule has 31 heavy (non-hydrogen) atoms. The van der Waals surface area contributed by atoms with Crippen LogP contribution in [0.5, 0.6) is 17.2 Å². The van der Waals surface area contributed by atoms with Gasteiger partial charge in [-0.3, -0.25) is 0 Å². The Labute approximate surface area is 200 Å². The highest BCUT2D eigenvalue weighted by Crippen LogP contribution is 2.36. The van der Waals surface area contributed by atoms with Crippen molar-refractivity contribution in [1.82, 2.24) is 0 Å². The van der Waals surface area contributed by atoms with Crippen molar-refractivity contribution < 1.29 is 19.7 Å². The van der Waals surface area contributed by atoms with Crippen LogP contribution < -0.4 is 9.84 Å². The summed E-state index contributed by atoms with van der Waals surface area (Å²) in [5, 5.41) is 21.0. The van der Waals surface area contributed by atoms with Gasteiger partial charge in [0.25, 0.3) is 0 Å². The minimum atomic E-state index is -0.909. The van der Waals surface area contributed by atoms with Crippen molar-refractivity contribution in [2.24, 2.45) is 0 Å². The van der Waals surface area contributed by atoms with Gasteiger partial charge in [-0.2, -0.15) is 0 Å². The first-order valence-electron chi connectivity index (χ1n) is 10.6. The Bertz CT molecular complexity index is 747. The van der Waals surface area contributed by atoms with E-state index in [0.29, 0.717) is 20.8 Å². The first-order chi connectivity index (χ1) is 14.8. The van der Waals surface area contributed by atoms with Crippen molar-refractivity contribution in [2.75, 3.05) is 0 Å². The van der Waals surface area contributed by atoms with Gasteiger partial charge in [-0.1, -0.05) is 93.1 Å². The maximum atomic E-state index is 10.1. The summed E-state index contributed by atoms with van der Waals surface area (Å²) in [4.78, 5) is 10.1. The molecule has 0 amide bonds. The van der Waals surface area contributed by atoms with E-state index >= 15 is 0 Å². The number of carbonyl (C=O) groups is 1. The topological polar surface area (TPSA) is 69.6 Å². The van der Waals surface area contributed by atoms with Crippen LogP contribution in [0.4, 0.5) is 0 Å². The predicted molar refractivity (Wildman–Crippen MR) is 127 cm³/mol. The molecule has 0 unspecified atom stereocenters. The van der Waals surface area contributed by atoms with Crippen LogP contribution in [0.1, 0.15) is 71.1 Å². The SMILES string of the molecule is CCCCCCCCCCCC(=O)[O-].Oc1cc(Cl)ccc1Oc1ccc(Cl)cc1Cl. The average molecular weight is 489 g/mol. The summed E-state index contributed by atoms with van der Waals surface area (Å²) in [7, 11) is 0. The molecule has 0 heterocycles. The highest BCUT2D eigenvalue weighted by molar-refractivity contribution is 6.35. The maximum absolute atomic E-state index is 10.1. The molecular weight excluding hydrogens is 459 g/mol. The molecule has 2 aromatic carbocycles. The number of hydrogen-bond donors (Lipinski definition) is 1. The van der Waals surface area contributed by atoms with Crippen LogP contribution in [0.2, 0.25) is 15.1 Å². The molecule has 0 saturated carbocycles. The van der Waals surface area contributed by atoms with Crippen molar-refractivity contribution in [1.29, 1.82) is 0 Å². The average Bonchev–Trinajstić information content (AvgIpc) is 2.71. The van der Waals surface area contributed by atoms with E-state index in [0.717, 1.165) is 12.8 Å². The summed E-state index contributed by atoms with van der Waals surface area (Å²) in [6, 6.07) is 9.39. The minimum Gasteiger partial charge on any atom is -0.550 e. The van der Waals surface area contributed by atoms with E-state index < -0.39 is 5.97 Å². The highest BCUT2D eigenvalue weighted by atomic mass is 35.5. The van der Waals surface area contributed by atoms with Crippen molar-refractivity contribution in [2.45, 2.75) is 71.1 Å². The lowest BCUT2D eigenvalue weighted by atomic mass is 10.1. The van der Waals surface area contributed by atoms with Gasteiger partial charge in [0.2, 0.25) is 0 Å². The van der Waals surface area contributed by atoms with Crippen molar-refractivity contribution >= 4 is 40.8 Å². The number of unbranched alkanes of at least 4 members (excludes halogenated alkanes) is 8. The predicted octanol–water partition coefficient (Wildman–Crippen LogP) is 7.80. The number of carbonyl (C=O) groups excluding carboxylic acids is 1. The van der Waals surface area contributed by atoms with Crippen LogP contribution in [0.25, 0.3) is 0 Å². The summed E-state index contributed by atoms with van der Waals surface area (Å²) < 4.78 is 5.45. The molecule has 1 N–H and O–H groups in total. The first kappa shape index (κ1) is 27.4. The summed E-state index contributed by atoms with van der Waals surface area (Å²) in [5.74, 6) is -0.274. The number of benzene rings is 2. The zero-order valence-corrected chi connectivity index (χ0v) is 20.1. The number of carboxylic acids is 1. The second kappa shape index (κ2) is 16.1. The van der Waals surface area contributed by atoms with E-state index in [2.05, 4.69) is 6.92 Å². The second-order valence-electron chi connectivity index (χ2n) is 7.24. The van der Waals surface area contributed by atoms with Gasteiger partial charge in [-0.25, -0.2) is 0 Å². The molecule has 172 valence electrons. The van der Waals surface area contributed by atoms with E-state index in [-0.39, 0.29) is 17.9 Å². The van der Waals surface area contributed by atoms with E-state index in [4.69, 9.17) is 39.5 Å². The number of ether oxygens (including phenoxy) is 1. The highest BCUT2D eigenvalue weighted by Gasteiger charge is 2.08. The van der Waals surface area contributed by atoms with Gasteiger partial charge in [-0.05, 0) is 43.2 Å². The molecule has 2 rings (SSSR count). The van der Waals surface area contributed by atoms with Gasteiger partial charge in [-0.15, -0.1) is 0 Å². The maximum Gasteiger partial charge on any atom is 0.169 e. The van der Waals surface area contributed by atoms with Crippen molar-refractivity contribution in [3.05, 3.63) is 51.5 Å². The number of carboxylic acid groups (broad SMARTS) is 1. The van der Waals surface area contributed by atoms with E-state index in [1.165, 1.54) is 51.0 Å². The molecular formula is C24H30Cl3O4-. The number of aliphatic carboxylic acids is 1. The Morgan fingerprint density at radius 2 is 1.35 bits per heavy atom. The molecule has 0 aliphatic carbocycles. The van der Waals surface area contributed by atoms with Crippen LogP contribution in [0, 0.1) is 0 Å². The lowest BCUT2D eigenvalue weighted by Gasteiger charge is -2.09. The number of rotatable bonds is 12. The number of phenols is 1. The molecule has 0 atom stereocenters. The van der Waals surface area contributed by atoms with Gasteiger partial charge in [0.1, 0.15) is 5.75 Å². The van der Waals surface area contributed by atoms with Gasteiger partial charge >= 0.3 is 0 Å². The zero-order valence-electron chi connectivity index (χ0n) is 17.8.